The molecule has 0 atom stereocenters. The van der Waals surface area contributed by atoms with Crippen LogP contribution in [0.1, 0.15) is 6.42 Å². The summed E-state index contributed by atoms with van der Waals surface area (Å²) in [5.41, 5.74) is 5.59. The molecule has 1 aliphatic rings. The lowest BCUT2D eigenvalue weighted by Crippen LogP contribution is -2.35. The van der Waals surface area contributed by atoms with E-state index in [1.807, 2.05) is 11.9 Å². The zero-order valence-electron chi connectivity index (χ0n) is 9.26. The SMILES string of the molecule is CN1CCCN(c2nccc(N)n2)CC1=O. The predicted octanol–water partition coefficient (Wildman–Crippen LogP) is -0.273. The van der Waals surface area contributed by atoms with E-state index >= 15 is 0 Å². The summed E-state index contributed by atoms with van der Waals surface area (Å²) in [5, 5.41) is 0. The summed E-state index contributed by atoms with van der Waals surface area (Å²) in [6, 6.07) is 1.63. The van der Waals surface area contributed by atoms with Crippen LogP contribution in [-0.2, 0) is 4.79 Å². The molecule has 86 valence electrons. The molecule has 0 aliphatic carbocycles. The largest absolute Gasteiger partial charge is 0.384 e. The van der Waals surface area contributed by atoms with Crippen LogP contribution in [0.4, 0.5) is 11.8 Å². The standard InChI is InChI=1S/C10H15N5O/c1-14-5-2-6-15(7-9(14)16)10-12-4-3-8(11)13-10/h3-4H,2,5-7H2,1H3,(H2,11,12,13). The monoisotopic (exact) mass is 221 g/mol. The van der Waals surface area contributed by atoms with E-state index in [-0.39, 0.29) is 5.91 Å². The Labute approximate surface area is 94.1 Å². The van der Waals surface area contributed by atoms with Crippen molar-refractivity contribution in [3.8, 4) is 0 Å². The smallest absolute Gasteiger partial charge is 0.241 e. The number of carbonyl (C=O) groups excluding carboxylic acids is 1. The van der Waals surface area contributed by atoms with Crippen LogP contribution in [-0.4, -0.2) is 47.5 Å². The average molecular weight is 221 g/mol. The van der Waals surface area contributed by atoms with Crippen molar-refractivity contribution in [2.75, 3.05) is 37.3 Å². The van der Waals surface area contributed by atoms with Gasteiger partial charge < -0.3 is 15.5 Å². The Balaban J connectivity index is 2.18. The lowest BCUT2D eigenvalue weighted by molar-refractivity contribution is -0.127. The first-order chi connectivity index (χ1) is 7.66. The number of nitrogens with two attached hydrogens (primary N) is 1. The maximum atomic E-state index is 11.7. The summed E-state index contributed by atoms with van der Waals surface area (Å²) in [6.45, 7) is 1.87. The molecule has 2 heterocycles. The summed E-state index contributed by atoms with van der Waals surface area (Å²) in [4.78, 5) is 23.5. The fourth-order valence-corrected chi connectivity index (χ4v) is 1.67. The number of hydrogen-bond acceptors (Lipinski definition) is 5. The fraction of sp³-hybridized carbons (Fsp3) is 0.500. The van der Waals surface area contributed by atoms with E-state index in [1.165, 1.54) is 0 Å². The van der Waals surface area contributed by atoms with Gasteiger partial charge in [-0.3, -0.25) is 4.79 Å². The molecule has 6 heteroatoms. The number of rotatable bonds is 1. The second-order valence-electron chi connectivity index (χ2n) is 3.87. The fourth-order valence-electron chi connectivity index (χ4n) is 1.67. The Morgan fingerprint density at radius 1 is 1.44 bits per heavy atom. The molecule has 1 aliphatic heterocycles. The lowest BCUT2D eigenvalue weighted by atomic mass is 10.4. The molecule has 1 aromatic rings. The minimum atomic E-state index is 0.0866. The van der Waals surface area contributed by atoms with Crippen LogP contribution in [0.2, 0.25) is 0 Å². The van der Waals surface area contributed by atoms with E-state index < -0.39 is 0 Å². The zero-order valence-corrected chi connectivity index (χ0v) is 9.26. The van der Waals surface area contributed by atoms with Crippen LogP contribution < -0.4 is 10.6 Å². The lowest BCUT2D eigenvalue weighted by Gasteiger charge is -2.19. The number of hydrogen-bond donors (Lipinski definition) is 1. The van der Waals surface area contributed by atoms with E-state index in [1.54, 1.807) is 17.2 Å². The summed E-state index contributed by atoms with van der Waals surface area (Å²) >= 11 is 0. The third-order valence-electron chi connectivity index (χ3n) is 2.62. The molecule has 2 rings (SSSR count). The number of anilines is 2. The summed E-state index contributed by atoms with van der Waals surface area (Å²) in [5.74, 6) is 1.04. The average Bonchev–Trinajstić information content (AvgIpc) is 2.42. The molecule has 0 spiro atoms. The van der Waals surface area contributed by atoms with Gasteiger partial charge in [0, 0.05) is 26.3 Å². The third kappa shape index (κ3) is 2.21. The molecule has 1 amide bonds. The molecular formula is C10H15N5O. The van der Waals surface area contributed by atoms with Crippen molar-refractivity contribution in [2.45, 2.75) is 6.42 Å². The van der Waals surface area contributed by atoms with Crippen molar-refractivity contribution in [1.29, 1.82) is 0 Å². The summed E-state index contributed by atoms with van der Waals surface area (Å²) in [6.07, 6.45) is 2.52. The molecular weight excluding hydrogens is 206 g/mol. The van der Waals surface area contributed by atoms with Crippen LogP contribution in [0.3, 0.4) is 0 Å². The molecule has 1 saturated heterocycles. The maximum absolute atomic E-state index is 11.7. The number of amides is 1. The highest BCUT2D eigenvalue weighted by Gasteiger charge is 2.20. The van der Waals surface area contributed by atoms with E-state index in [4.69, 9.17) is 5.73 Å². The molecule has 0 saturated carbocycles. The highest BCUT2D eigenvalue weighted by atomic mass is 16.2. The molecule has 0 aromatic carbocycles. The van der Waals surface area contributed by atoms with Gasteiger partial charge in [-0.05, 0) is 12.5 Å². The predicted molar refractivity (Wildman–Crippen MR) is 60.9 cm³/mol. The Morgan fingerprint density at radius 3 is 3.00 bits per heavy atom. The van der Waals surface area contributed by atoms with Crippen molar-refractivity contribution in [1.82, 2.24) is 14.9 Å². The Kier molecular flexibility index (Phi) is 2.89. The van der Waals surface area contributed by atoms with Gasteiger partial charge in [-0.1, -0.05) is 0 Å². The first-order valence-corrected chi connectivity index (χ1v) is 5.24. The molecule has 2 N–H and O–H groups in total. The molecule has 16 heavy (non-hydrogen) atoms. The van der Waals surface area contributed by atoms with Crippen molar-refractivity contribution in [2.24, 2.45) is 0 Å². The van der Waals surface area contributed by atoms with Crippen molar-refractivity contribution < 1.29 is 4.79 Å². The van der Waals surface area contributed by atoms with Gasteiger partial charge in [0.15, 0.2) is 0 Å². The topological polar surface area (TPSA) is 75.3 Å². The molecule has 0 unspecified atom stereocenters. The van der Waals surface area contributed by atoms with Gasteiger partial charge in [0.25, 0.3) is 0 Å². The second-order valence-corrected chi connectivity index (χ2v) is 3.87. The molecule has 0 bridgehead atoms. The van der Waals surface area contributed by atoms with Crippen LogP contribution in [0.15, 0.2) is 12.3 Å². The van der Waals surface area contributed by atoms with Gasteiger partial charge in [0.2, 0.25) is 11.9 Å². The van der Waals surface area contributed by atoms with Gasteiger partial charge >= 0.3 is 0 Å². The molecule has 6 nitrogen and oxygen atoms in total. The summed E-state index contributed by atoms with van der Waals surface area (Å²) in [7, 11) is 1.81. The van der Waals surface area contributed by atoms with Crippen LogP contribution in [0.5, 0.6) is 0 Å². The van der Waals surface area contributed by atoms with Gasteiger partial charge in [-0.15, -0.1) is 0 Å². The van der Waals surface area contributed by atoms with Crippen LogP contribution in [0.25, 0.3) is 0 Å². The second kappa shape index (κ2) is 4.34. The van der Waals surface area contributed by atoms with E-state index in [0.29, 0.717) is 18.3 Å². The number of aromatic nitrogens is 2. The van der Waals surface area contributed by atoms with Gasteiger partial charge in [0.05, 0.1) is 6.54 Å². The van der Waals surface area contributed by atoms with Crippen molar-refractivity contribution >= 4 is 17.7 Å². The van der Waals surface area contributed by atoms with Crippen LogP contribution in [0, 0.1) is 0 Å². The molecule has 1 aromatic heterocycles. The first-order valence-electron chi connectivity index (χ1n) is 5.24. The highest BCUT2D eigenvalue weighted by Crippen LogP contribution is 2.11. The number of nitrogen functional groups attached to an aromatic ring is 1. The Bertz CT molecular complexity index is 395. The third-order valence-corrected chi connectivity index (χ3v) is 2.62. The van der Waals surface area contributed by atoms with Gasteiger partial charge in [0.1, 0.15) is 5.82 Å². The number of carbonyl (C=O) groups is 1. The Hall–Kier alpha value is -1.85. The quantitative estimate of drug-likeness (QED) is 0.706. The normalized spacial score (nSPS) is 17.4. The highest BCUT2D eigenvalue weighted by molar-refractivity contribution is 5.81. The maximum Gasteiger partial charge on any atom is 0.241 e. The minimum absolute atomic E-state index is 0.0866. The zero-order chi connectivity index (χ0) is 11.5. The number of nitrogens with zero attached hydrogens (tertiary/aromatic N) is 4. The van der Waals surface area contributed by atoms with E-state index in [2.05, 4.69) is 9.97 Å². The van der Waals surface area contributed by atoms with Crippen molar-refractivity contribution in [3.63, 3.8) is 0 Å². The van der Waals surface area contributed by atoms with Crippen LogP contribution >= 0.6 is 0 Å². The van der Waals surface area contributed by atoms with E-state index in [0.717, 1.165) is 19.5 Å². The van der Waals surface area contributed by atoms with E-state index in [9.17, 15) is 4.79 Å². The summed E-state index contributed by atoms with van der Waals surface area (Å²) < 4.78 is 0. The minimum Gasteiger partial charge on any atom is -0.384 e. The molecule has 1 fully saturated rings. The van der Waals surface area contributed by atoms with Crippen molar-refractivity contribution in [3.05, 3.63) is 12.3 Å². The van der Waals surface area contributed by atoms with Gasteiger partial charge in [-0.25, -0.2) is 4.98 Å². The first kappa shape index (κ1) is 10.7. The van der Waals surface area contributed by atoms with Gasteiger partial charge in [-0.2, -0.15) is 4.98 Å². The Morgan fingerprint density at radius 2 is 2.25 bits per heavy atom. The number of likely N-dealkylation sites (N-methyl/N-ethyl adjacent to an activating group) is 1. The molecule has 0 radical (unpaired) electrons.